The molecular weight excluding hydrogens is 295 g/mol. The van der Waals surface area contributed by atoms with Crippen molar-refractivity contribution in [1.29, 1.82) is 0 Å². The first-order valence-electron chi connectivity index (χ1n) is 6.36. The molecule has 0 bridgehead atoms. The highest BCUT2D eigenvalue weighted by atomic mass is 32.2. The molecule has 2 aromatic rings. The summed E-state index contributed by atoms with van der Waals surface area (Å²) in [5.74, 6) is 0.140. The molecule has 21 heavy (non-hydrogen) atoms. The summed E-state index contributed by atoms with van der Waals surface area (Å²) in [4.78, 5) is 0.00801. The van der Waals surface area contributed by atoms with Gasteiger partial charge in [-0.25, -0.2) is 12.8 Å². The minimum absolute atomic E-state index is 0.00801. The molecule has 2 rings (SSSR count). The van der Waals surface area contributed by atoms with Crippen molar-refractivity contribution in [1.82, 2.24) is 5.32 Å². The Bertz CT molecular complexity index is 754. The fourth-order valence-electron chi connectivity index (χ4n) is 1.97. The van der Waals surface area contributed by atoms with Crippen molar-refractivity contribution in [2.24, 2.45) is 0 Å². The molecule has 0 unspecified atom stereocenters. The predicted molar refractivity (Wildman–Crippen MR) is 78.2 cm³/mol. The molecule has 2 N–H and O–H groups in total. The number of nitrogens with one attached hydrogen (secondary N) is 2. The molecule has 0 atom stereocenters. The van der Waals surface area contributed by atoms with Gasteiger partial charge >= 0.3 is 0 Å². The molecule has 0 radical (unpaired) electrons. The van der Waals surface area contributed by atoms with E-state index in [1.54, 1.807) is 27.0 Å². The average Bonchev–Trinajstić information content (AvgIpc) is 2.76. The van der Waals surface area contributed by atoms with Crippen molar-refractivity contribution in [2.45, 2.75) is 25.3 Å². The van der Waals surface area contributed by atoms with Crippen LogP contribution in [0.5, 0.6) is 0 Å². The molecule has 0 amide bonds. The zero-order valence-electron chi connectivity index (χ0n) is 12.0. The van der Waals surface area contributed by atoms with E-state index in [4.69, 9.17) is 4.42 Å². The van der Waals surface area contributed by atoms with Gasteiger partial charge in [-0.2, -0.15) is 0 Å². The van der Waals surface area contributed by atoms with Gasteiger partial charge in [0.2, 0.25) is 0 Å². The van der Waals surface area contributed by atoms with Crippen molar-refractivity contribution in [3.05, 3.63) is 47.2 Å². The Morgan fingerprint density at radius 2 is 1.95 bits per heavy atom. The molecule has 0 aliphatic heterocycles. The summed E-state index contributed by atoms with van der Waals surface area (Å²) in [6.07, 6.45) is 0. The van der Waals surface area contributed by atoms with Gasteiger partial charge in [0, 0.05) is 6.07 Å². The minimum Gasteiger partial charge on any atom is -0.464 e. The maximum Gasteiger partial charge on any atom is 0.265 e. The molecule has 5 nitrogen and oxygen atoms in total. The fraction of sp³-hybridized carbons (Fsp3) is 0.286. The van der Waals surface area contributed by atoms with Gasteiger partial charge in [-0.15, -0.1) is 0 Å². The van der Waals surface area contributed by atoms with Gasteiger partial charge in [-0.05, 0) is 38.6 Å². The number of sulfonamides is 1. The molecule has 0 saturated carbocycles. The lowest BCUT2D eigenvalue weighted by Gasteiger charge is -2.08. The Morgan fingerprint density at radius 3 is 2.62 bits per heavy atom. The number of hydrogen-bond acceptors (Lipinski definition) is 4. The first kappa shape index (κ1) is 15.5. The Labute approximate surface area is 123 Å². The molecule has 0 fully saturated rings. The van der Waals surface area contributed by atoms with Gasteiger partial charge in [0.15, 0.2) is 0 Å². The normalized spacial score (nSPS) is 11.6. The van der Waals surface area contributed by atoms with Gasteiger partial charge in [0.25, 0.3) is 10.0 Å². The number of furan rings is 1. The first-order chi connectivity index (χ1) is 9.83. The van der Waals surface area contributed by atoms with Crippen LogP contribution in [0.15, 0.2) is 33.6 Å². The zero-order chi connectivity index (χ0) is 15.6. The molecule has 1 aromatic heterocycles. The van der Waals surface area contributed by atoms with E-state index in [9.17, 15) is 12.8 Å². The van der Waals surface area contributed by atoms with Crippen LogP contribution in [0.2, 0.25) is 0 Å². The predicted octanol–water partition coefficient (Wildman–Crippen LogP) is 2.56. The van der Waals surface area contributed by atoms with Gasteiger partial charge in [0.1, 0.15) is 22.2 Å². The first-order valence-corrected chi connectivity index (χ1v) is 7.84. The number of aryl methyl sites for hydroxylation is 2. The zero-order valence-corrected chi connectivity index (χ0v) is 12.8. The van der Waals surface area contributed by atoms with Crippen molar-refractivity contribution < 1.29 is 17.2 Å². The molecule has 114 valence electrons. The molecule has 1 heterocycles. The van der Waals surface area contributed by atoms with E-state index in [1.165, 1.54) is 18.2 Å². The lowest BCUT2D eigenvalue weighted by molar-refractivity contribution is 0.466. The van der Waals surface area contributed by atoms with Gasteiger partial charge in [-0.3, -0.25) is 4.72 Å². The number of halogens is 1. The highest BCUT2D eigenvalue weighted by molar-refractivity contribution is 7.92. The molecule has 0 aliphatic rings. The Balaban J connectivity index is 2.36. The van der Waals surface area contributed by atoms with Crippen LogP contribution in [0.25, 0.3) is 0 Å². The summed E-state index contributed by atoms with van der Waals surface area (Å²) in [6, 6.07) is 5.67. The maximum absolute atomic E-state index is 13.7. The topological polar surface area (TPSA) is 71.3 Å². The number of anilines is 1. The number of benzene rings is 1. The molecule has 0 saturated heterocycles. The summed E-state index contributed by atoms with van der Waals surface area (Å²) in [6.45, 7) is 3.72. The summed E-state index contributed by atoms with van der Waals surface area (Å²) < 4.78 is 46.0. The Kier molecular flexibility index (Phi) is 4.34. The van der Waals surface area contributed by atoms with Gasteiger partial charge < -0.3 is 9.73 Å². The van der Waals surface area contributed by atoms with Crippen LogP contribution in [0.4, 0.5) is 10.1 Å². The van der Waals surface area contributed by atoms with Crippen molar-refractivity contribution in [3.63, 3.8) is 0 Å². The number of hydrogen-bond donors (Lipinski definition) is 2. The molecule has 0 spiro atoms. The second-order valence-electron chi connectivity index (χ2n) is 4.75. The Morgan fingerprint density at radius 1 is 1.24 bits per heavy atom. The molecule has 1 aromatic carbocycles. The lowest BCUT2D eigenvalue weighted by Crippen LogP contribution is -2.14. The standard InChI is InChI=1S/C14H17FN2O3S/c1-9-4-5-12(15)13(6-9)17-21(18,19)14-7-11(8-16-3)20-10(14)2/h4-7,16-17H,8H2,1-3H3. The third-order valence-corrected chi connectivity index (χ3v) is 4.40. The quantitative estimate of drug-likeness (QED) is 0.890. The van der Waals surface area contributed by atoms with E-state index < -0.39 is 15.8 Å². The highest BCUT2D eigenvalue weighted by Crippen LogP contribution is 2.24. The van der Waals surface area contributed by atoms with E-state index in [-0.39, 0.29) is 16.3 Å². The van der Waals surface area contributed by atoms with E-state index in [1.807, 2.05) is 0 Å². The minimum atomic E-state index is -3.89. The molecule has 0 aliphatic carbocycles. The van der Waals surface area contributed by atoms with Gasteiger partial charge in [-0.1, -0.05) is 6.07 Å². The van der Waals surface area contributed by atoms with Crippen LogP contribution in [0, 0.1) is 19.7 Å². The fourth-order valence-corrected chi connectivity index (χ4v) is 3.23. The lowest BCUT2D eigenvalue weighted by atomic mass is 10.2. The summed E-state index contributed by atoms with van der Waals surface area (Å²) in [7, 11) is -2.16. The summed E-state index contributed by atoms with van der Waals surface area (Å²) in [5.41, 5.74) is 0.680. The largest absolute Gasteiger partial charge is 0.464 e. The van der Waals surface area contributed by atoms with Crippen LogP contribution in [-0.2, 0) is 16.6 Å². The van der Waals surface area contributed by atoms with Crippen LogP contribution in [0.3, 0.4) is 0 Å². The highest BCUT2D eigenvalue weighted by Gasteiger charge is 2.22. The van der Waals surface area contributed by atoms with Crippen LogP contribution in [-0.4, -0.2) is 15.5 Å². The molecule has 7 heteroatoms. The van der Waals surface area contributed by atoms with E-state index >= 15 is 0 Å². The van der Waals surface area contributed by atoms with Crippen LogP contribution >= 0.6 is 0 Å². The third kappa shape index (κ3) is 3.43. The number of rotatable bonds is 5. The third-order valence-electron chi connectivity index (χ3n) is 2.93. The Hall–Kier alpha value is -1.86. The summed E-state index contributed by atoms with van der Waals surface area (Å²) >= 11 is 0. The summed E-state index contributed by atoms with van der Waals surface area (Å²) in [5, 5.41) is 2.87. The van der Waals surface area contributed by atoms with Crippen molar-refractivity contribution >= 4 is 15.7 Å². The van der Waals surface area contributed by atoms with E-state index in [0.717, 1.165) is 5.56 Å². The van der Waals surface area contributed by atoms with E-state index in [2.05, 4.69) is 10.0 Å². The molecular formula is C14H17FN2O3S. The monoisotopic (exact) mass is 312 g/mol. The SMILES string of the molecule is CNCc1cc(S(=O)(=O)Nc2cc(C)ccc2F)c(C)o1. The van der Waals surface area contributed by atoms with Crippen LogP contribution < -0.4 is 10.0 Å². The maximum atomic E-state index is 13.7. The van der Waals surface area contributed by atoms with Crippen LogP contribution in [0.1, 0.15) is 17.1 Å². The average molecular weight is 312 g/mol. The smallest absolute Gasteiger partial charge is 0.265 e. The van der Waals surface area contributed by atoms with Gasteiger partial charge in [0.05, 0.1) is 12.2 Å². The van der Waals surface area contributed by atoms with Crippen molar-refractivity contribution in [3.8, 4) is 0 Å². The second kappa shape index (κ2) is 5.87. The second-order valence-corrected chi connectivity index (χ2v) is 6.40. The van der Waals surface area contributed by atoms with E-state index in [0.29, 0.717) is 12.3 Å². The van der Waals surface area contributed by atoms with Crippen molar-refractivity contribution in [2.75, 3.05) is 11.8 Å².